The van der Waals surface area contributed by atoms with Crippen LogP contribution in [0.4, 0.5) is 0 Å². The van der Waals surface area contributed by atoms with Gasteiger partial charge in [-0.2, -0.15) is 0 Å². The minimum Gasteiger partial charge on any atom is -0.361 e. The SMILES string of the molecule is Cc1cc(C(=O)NC(C)c2ccccc2C)no1. The number of carbonyl (C=O) groups excluding carboxylic acids is 1. The number of nitrogens with zero attached hydrogens (tertiary/aromatic N) is 1. The van der Waals surface area contributed by atoms with Crippen LogP contribution in [-0.4, -0.2) is 11.1 Å². The number of rotatable bonds is 3. The maximum atomic E-state index is 11.9. The lowest BCUT2D eigenvalue weighted by atomic mass is 10.0. The highest BCUT2D eigenvalue weighted by Gasteiger charge is 2.15. The Balaban J connectivity index is 2.10. The molecule has 0 aliphatic carbocycles. The van der Waals surface area contributed by atoms with Crippen LogP contribution in [0.3, 0.4) is 0 Å². The van der Waals surface area contributed by atoms with Crippen LogP contribution in [-0.2, 0) is 0 Å². The fourth-order valence-electron chi connectivity index (χ4n) is 1.89. The number of nitrogens with one attached hydrogen (secondary N) is 1. The normalized spacial score (nSPS) is 12.2. The largest absolute Gasteiger partial charge is 0.361 e. The van der Waals surface area contributed by atoms with Crippen LogP contribution < -0.4 is 5.32 Å². The molecule has 0 saturated carbocycles. The minimum atomic E-state index is -0.220. The molecule has 4 heteroatoms. The summed E-state index contributed by atoms with van der Waals surface area (Å²) in [6, 6.07) is 9.54. The van der Waals surface area contributed by atoms with E-state index < -0.39 is 0 Å². The molecule has 4 nitrogen and oxygen atoms in total. The maximum Gasteiger partial charge on any atom is 0.273 e. The first-order chi connectivity index (χ1) is 8.58. The van der Waals surface area contributed by atoms with Gasteiger partial charge in [-0.15, -0.1) is 0 Å². The molecule has 1 atom stereocenters. The first-order valence-corrected chi connectivity index (χ1v) is 5.87. The van der Waals surface area contributed by atoms with Crippen LogP contribution in [0.5, 0.6) is 0 Å². The zero-order valence-corrected chi connectivity index (χ0v) is 10.7. The second-order valence-corrected chi connectivity index (χ2v) is 4.37. The summed E-state index contributed by atoms with van der Waals surface area (Å²) in [7, 11) is 0. The van der Waals surface area contributed by atoms with Crippen LogP contribution in [0.1, 0.15) is 40.3 Å². The molecule has 18 heavy (non-hydrogen) atoms. The highest BCUT2D eigenvalue weighted by Crippen LogP contribution is 2.17. The summed E-state index contributed by atoms with van der Waals surface area (Å²) in [5.41, 5.74) is 2.57. The van der Waals surface area contributed by atoms with Crippen molar-refractivity contribution in [2.45, 2.75) is 26.8 Å². The van der Waals surface area contributed by atoms with Crippen LogP contribution in [0.15, 0.2) is 34.9 Å². The van der Waals surface area contributed by atoms with Crippen LogP contribution >= 0.6 is 0 Å². The summed E-state index contributed by atoms with van der Waals surface area (Å²) in [5, 5.41) is 6.60. The Morgan fingerprint density at radius 1 is 1.33 bits per heavy atom. The van der Waals surface area contributed by atoms with E-state index in [9.17, 15) is 4.79 Å². The zero-order chi connectivity index (χ0) is 13.1. The van der Waals surface area contributed by atoms with E-state index in [1.54, 1.807) is 13.0 Å². The van der Waals surface area contributed by atoms with Gasteiger partial charge in [0.05, 0.1) is 6.04 Å². The first kappa shape index (κ1) is 12.4. The predicted molar refractivity (Wildman–Crippen MR) is 68.3 cm³/mol. The van der Waals surface area contributed by atoms with E-state index in [1.807, 2.05) is 38.1 Å². The second kappa shape index (κ2) is 5.04. The Kier molecular flexibility index (Phi) is 3.46. The van der Waals surface area contributed by atoms with E-state index in [0.717, 1.165) is 11.1 Å². The molecule has 0 aliphatic heterocycles. The molecule has 1 aromatic heterocycles. The number of hydrogen-bond acceptors (Lipinski definition) is 3. The third-order valence-electron chi connectivity index (χ3n) is 2.86. The number of amides is 1. The van der Waals surface area contributed by atoms with E-state index in [1.165, 1.54) is 0 Å². The maximum absolute atomic E-state index is 11.9. The topological polar surface area (TPSA) is 55.1 Å². The van der Waals surface area contributed by atoms with E-state index in [-0.39, 0.29) is 11.9 Å². The van der Waals surface area contributed by atoms with Gasteiger partial charge in [-0.25, -0.2) is 0 Å². The number of benzene rings is 1. The summed E-state index contributed by atoms with van der Waals surface area (Å²) in [6.45, 7) is 5.74. The molecule has 0 spiro atoms. The monoisotopic (exact) mass is 244 g/mol. The molecule has 0 bridgehead atoms. The van der Waals surface area contributed by atoms with E-state index in [2.05, 4.69) is 10.5 Å². The van der Waals surface area contributed by atoms with Gasteiger partial charge in [-0.1, -0.05) is 29.4 Å². The van der Waals surface area contributed by atoms with E-state index in [4.69, 9.17) is 4.52 Å². The molecule has 0 saturated heterocycles. The molecule has 2 aromatic rings. The van der Waals surface area contributed by atoms with Gasteiger partial charge in [0, 0.05) is 6.07 Å². The van der Waals surface area contributed by atoms with Gasteiger partial charge in [-0.3, -0.25) is 4.79 Å². The first-order valence-electron chi connectivity index (χ1n) is 5.87. The number of carbonyl (C=O) groups is 1. The van der Waals surface area contributed by atoms with Crippen LogP contribution in [0, 0.1) is 13.8 Å². The molecule has 0 aliphatic rings. The number of aromatic nitrogens is 1. The molecule has 0 radical (unpaired) electrons. The third kappa shape index (κ3) is 2.59. The molecule has 1 N–H and O–H groups in total. The van der Waals surface area contributed by atoms with Crippen molar-refractivity contribution >= 4 is 5.91 Å². The average molecular weight is 244 g/mol. The summed E-state index contributed by atoms with van der Waals surface area (Å²) in [4.78, 5) is 11.9. The molecule has 1 heterocycles. The lowest BCUT2D eigenvalue weighted by molar-refractivity contribution is 0.0930. The quantitative estimate of drug-likeness (QED) is 0.903. The molecular weight excluding hydrogens is 228 g/mol. The van der Waals surface area contributed by atoms with Crippen molar-refractivity contribution in [1.82, 2.24) is 10.5 Å². The molecule has 0 fully saturated rings. The Morgan fingerprint density at radius 2 is 2.06 bits per heavy atom. The summed E-state index contributed by atoms with van der Waals surface area (Å²) in [6.07, 6.45) is 0. The number of aryl methyl sites for hydroxylation is 2. The van der Waals surface area contributed by atoms with Gasteiger partial charge < -0.3 is 9.84 Å². The average Bonchev–Trinajstić information content (AvgIpc) is 2.76. The van der Waals surface area contributed by atoms with Crippen LogP contribution in [0.2, 0.25) is 0 Å². The number of hydrogen-bond donors (Lipinski definition) is 1. The molecule has 94 valence electrons. The van der Waals surface area contributed by atoms with Gasteiger partial charge in [0.25, 0.3) is 5.91 Å². The molecule has 1 aromatic carbocycles. The summed E-state index contributed by atoms with van der Waals surface area (Å²) < 4.78 is 4.89. The van der Waals surface area contributed by atoms with Crippen molar-refractivity contribution in [3.05, 3.63) is 52.9 Å². The van der Waals surface area contributed by atoms with Crippen molar-refractivity contribution in [1.29, 1.82) is 0 Å². The van der Waals surface area contributed by atoms with Crippen molar-refractivity contribution in [2.75, 3.05) is 0 Å². The zero-order valence-electron chi connectivity index (χ0n) is 10.7. The Morgan fingerprint density at radius 3 is 2.67 bits per heavy atom. The van der Waals surface area contributed by atoms with Crippen molar-refractivity contribution in [3.8, 4) is 0 Å². The molecule has 2 rings (SSSR count). The van der Waals surface area contributed by atoms with Gasteiger partial charge in [0.2, 0.25) is 0 Å². The molecule has 1 amide bonds. The Bertz CT molecular complexity index is 560. The highest BCUT2D eigenvalue weighted by atomic mass is 16.5. The van der Waals surface area contributed by atoms with E-state index >= 15 is 0 Å². The lowest BCUT2D eigenvalue weighted by Gasteiger charge is -2.15. The minimum absolute atomic E-state index is 0.0595. The van der Waals surface area contributed by atoms with E-state index in [0.29, 0.717) is 11.5 Å². The van der Waals surface area contributed by atoms with Gasteiger partial charge in [0.15, 0.2) is 5.69 Å². The fraction of sp³-hybridized carbons (Fsp3) is 0.286. The highest BCUT2D eigenvalue weighted by molar-refractivity contribution is 5.92. The van der Waals surface area contributed by atoms with Gasteiger partial charge in [-0.05, 0) is 31.9 Å². The fourth-order valence-corrected chi connectivity index (χ4v) is 1.89. The van der Waals surface area contributed by atoms with Crippen molar-refractivity contribution in [2.24, 2.45) is 0 Å². The third-order valence-corrected chi connectivity index (χ3v) is 2.86. The van der Waals surface area contributed by atoms with Gasteiger partial charge in [0.1, 0.15) is 5.76 Å². The summed E-state index contributed by atoms with van der Waals surface area (Å²) in [5.74, 6) is 0.409. The lowest BCUT2D eigenvalue weighted by Crippen LogP contribution is -2.27. The van der Waals surface area contributed by atoms with Crippen LogP contribution in [0.25, 0.3) is 0 Å². The smallest absolute Gasteiger partial charge is 0.273 e. The Hall–Kier alpha value is -2.10. The van der Waals surface area contributed by atoms with Gasteiger partial charge >= 0.3 is 0 Å². The van der Waals surface area contributed by atoms with Crippen molar-refractivity contribution < 1.29 is 9.32 Å². The Labute approximate surface area is 106 Å². The van der Waals surface area contributed by atoms with Crippen molar-refractivity contribution in [3.63, 3.8) is 0 Å². The standard InChI is InChI=1S/C14H16N2O2/c1-9-6-4-5-7-12(9)11(3)15-14(17)13-8-10(2)18-16-13/h4-8,11H,1-3H3,(H,15,17). The molecular formula is C14H16N2O2. The second-order valence-electron chi connectivity index (χ2n) is 4.37. The summed E-state index contributed by atoms with van der Waals surface area (Å²) >= 11 is 0. The predicted octanol–water partition coefficient (Wildman–Crippen LogP) is 2.78. The molecule has 1 unspecified atom stereocenters.